The number of alkyl halides is 3. The molecule has 0 aromatic carbocycles. The van der Waals surface area contributed by atoms with E-state index < -0.39 is 58.5 Å². The van der Waals surface area contributed by atoms with Crippen molar-refractivity contribution in [1.82, 2.24) is 25.2 Å². The predicted molar refractivity (Wildman–Crippen MR) is 120 cm³/mol. The third-order valence-electron chi connectivity index (χ3n) is 6.18. The Morgan fingerprint density at radius 2 is 1.95 bits per heavy atom. The highest BCUT2D eigenvalue weighted by Crippen LogP contribution is 2.40. The van der Waals surface area contributed by atoms with E-state index >= 15 is 0 Å². The fraction of sp³-hybridized carbons (Fsp3) is 0.348. The summed E-state index contributed by atoms with van der Waals surface area (Å²) < 4.78 is 69.6. The molecule has 194 valence electrons. The van der Waals surface area contributed by atoms with Crippen LogP contribution in [-0.4, -0.2) is 51.3 Å². The number of carbonyl (C=O) groups is 2. The number of aromatic nitrogens is 3. The van der Waals surface area contributed by atoms with Crippen molar-refractivity contribution >= 4 is 28.8 Å². The maximum atomic E-state index is 14.7. The van der Waals surface area contributed by atoms with Crippen LogP contribution in [0.3, 0.4) is 0 Å². The van der Waals surface area contributed by atoms with Crippen molar-refractivity contribution < 1.29 is 31.5 Å². The van der Waals surface area contributed by atoms with Gasteiger partial charge >= 0.3 is 12.2 Å². The molecule has 14 heteroatoms. The Labute approximate surface area is 205 Å². The summed E-state index contributed by atoms with van der Waals surface area (Å²) in [6.07, 6.45) is -2.69. The van der Waals surface area contributed by atoms with Crippen LogP contribution in [-0.2, 0) is 0 Å². The summed E-state index contributed by atoms with van der Waals surface area (Å²) in [4.78, 5) is 47.6. The number of rotatable bonds is 5. The molecule has 3 aromatic heterocycles. The van der Waals surface area contributed by atoms with E-state index in [1.165, 1.54) is 17.0 Å². The number of halogens is 5. The zero-order chi connectivity index (χ0) is 26.6. The second-order valence-electron chi connectivity index (χ2n) is 9.03. The highest BCUT2D eigenvalue weighted by atomic mass is 19.4. The number of carbonyl (C=O) groups excluding carboxylic acids is 2. The summed E-state index contributed by atoms with van der Waals surface area (Å²) in [5.41, 5.74) is -1.91. The number of amides is 3. The third kappa shape index (κ3) is 4.58. The first-order chi connectivity index (χ1) is 17.4. The minimum absolute atomic E-state index is 0.0908. The van der Waals surface area contributed by atoms with Crippen LogP contribution >= 0.6 is 0 Å². The van der Waals surface area contributed by atoms with Crippen molar-refractivity contribution in [3.8, 4) is 5.82 Å². The summed E-state index contributed by atoms with van der Waals surface area (Å²) in [5.74, 6) is -4.76. The first kappa shape index (κ1) is 24.6. The molecule has 9 nitrogen and oxygen atoms in total. The normalized spacial score (nSPS) is 18.7. The van der Waals surface area contributed by atoms with Gasteiger partial charge in [0.1, 0.15) is 23.2 Å². The molecule has 0 radical (unpaired) electrons. The van der Waals surface area contributed by atoms with Crippen LogP contribution in [0.1, 0.15) is 30.1 Å². The molecule has 0 bridgehead atoms. The van der Waals surface area contributed by atoms with Gasteiger partial charge < -0.3 is 10.6 Å². The molecule has 2 fully saturated rings. The van der Waals surface area contributed by atoms with Crippen LogP contribution in [0, 0.1) is 17.6 Å². The SMILES string of the molecule is C[C@@H]1CN(c2ccc3c(=O)c(C(=O)N[C@@H](C4CC4)C(F)(F)F)cn(-c4ncc(F)cc4F)c3n2)C(=O)N1. The molecular weight excluding hydrogens is 503 g/mol. The molecule has 0 spiro atoms. The van der Waals surface area contributed by atoms with Crippen molar-refractivity contribution in [2.45, 2.75) is 38.0 Å². The van der Waals surface area contributed by atoms with Gasteiger partial charge in [-0.1, -0.05) is 0 Å². The van der Waals surface area contributed by atoms with Crippen molar-refractivity contribution in [2.24, 2.45) is 5.92 Å². The predicted octanol–water partition coefficient (Wildman–Crippen LogP) is 3.05. The molecule has 1 saturated heterocycles. The first-order valence-electron chi connectivity index (χ1n) is 11.3. The van der Waals surface area contributed by atoms with Gasteiger partial charge in [-0.25, -0.2) is 23.5 Å². The molecule has 1 aliphatic heterocycles. The zero-order valence-corrected chi connectivity index (χ0v) is 19.1. The van der Waals surface area contributed by atoms with Gasteiger partial charge in [-0.2, -0.15) is 13.2 Å². The molecule has 3 amide bonds. The molecule has 2 aliphatic rings. The maximum Gasteiger partial charge on any atom is 0.408 e. The minimum Gasteiger partial charge on any atom is -0.340 e. The van der Waals surface area contributed by atoms with Gasteiger partial charge in [0, 0.05) is 24.8 Å². The van der Waals surface area contributed by atoms with Crippen LogP contribution in [0.25, 0.3) is 16.9 Å². The Morgan fingerprint density at radius 1 is 1.22 bits per heavy atom. The van der Waals surface area contributed by atoms with Gasteiger partial charge in [0.15, 0.2) is 17.3 Å². The highest BCUT2D eigenvalue weighted by Gasteiger charge is 2.50. The Morgan fingerprint density at radius 3 is 2.54 bits per heavy atom. The average molecular weight is 522 g/mol. The summed E-state index contributed by atoms with van der Waals surface area (Å²) in [6, 6.07) is 0.243. The number of urea groups is 1. The lowest BCUT2D eigenvalue weighted by molar-refractivity contribution is -0.158. The lowest BCUT2D eigenvalue weighted by Crippen LogP contribution is -2.48. The summed E-state index contributed by atoms with van der Waals surface area (Å²) in [7, 11) is 0. The Kier molecular flexibility index (Phi) is 5.83. The second-order valence-corrected chi connectivity index (χ2v) is 9.03. The number of hydrogen-bond acceptors (Lipinski definition) is 5. The largest absolute Gasteiger partial charge is 0.408 e. The van der Waals surface area contributed by atoms with E-state index in [0.717, 1.165) is 10.8 Å². The first-order valence-corrected chi connectivity index (χ1v) is 11.3. The molecule has 0 unspecified atom stereocenters. The molecule has 3 aromatic rings. The van der Waals surface area contributed by atoms with Crippen molar-refractivity contribution in [3.05, 3.63) is 58.0 Å². The number of nitrogens with zero attached hydrogens (tertiary/aromatic N) is 4. The molecule has 1 saturated carbocycles. The van der Waals surface area contributed by atoms with E-state index in [2.05, 4.69) is 15.3 Å². The van der Waals surface area contributed by atoms with Crippen LogP contribution in [0.15, 0.2) is 35.4 Å². The highest BCUT2D eigenvalue weighted by molar-refractivity contribution is 5.98. The Bertz CT molecular complexity index is 1490. The van der Waals surface area contributed by atoms with Gasteiger partial charge in [-0.15, -0.1) is 0 Å². The molecule has 37 heavy (non-hydrogen) atoms. The van der Waals surface area contributed by atoms with Gasteiger partial charge in [0.05, 0.1) is 11.6 Å². The Balaban J connectivity index is 1.67. The van der Waals surface area contributed by atoms with E-state index in [1.807, 2.05) is 5.32 Å². The number of hydrogen-bond donors (Lipinski definition) is 2. The van der Waals surface area contributed by atoms with Crippen LogP contribution in [0.5, 0.6) is 0 Å². The lowest BCUT2D eigenvalue weighted by Gasteiger charge is -2.22. The van der Waals surface area contributed by atoms with Crippen molar-refractivity contribution in [1.29, 1.82) is 0 Å². The summed E-state index contributed by atoms with van der Waals surface area (Å²) in [6.45, 7) is 2.00. The summed E-state index contributed by atoms with van der Waals surface area (Å²) >= 11 is 0. The van der Waals surface area contributed by atoms with Crippen LogP contribution in [0.2, 0.25) is 0 Å². The molecule has 1 aliphatic carbocycles. The molecular formula is C23H19F5N6O3. The van der Waals surface area contributed by atoms with Crippen molar-refractivity contribution in [3.63, 3.8) is 0 Å². The zero-order valence-electron chi connectivity index (χ0n) is 19.1. The fourth-order valence-corrected chi connectivity index (χ4v) is 4.26. The van der Waals surface area contributed by atoms with E-state index in [9.17, 15) is 36.3 Å². The lowest BCUT2D eigenvalue weighted by atomic mass is 10.1. The average Bonchev–Trinajstić information content (AvgIpc) is 3.60. The van der Waals surface area contributed by atoms with E-state index in [1.54, 1.807) is 6.92 Å². The minimum atomic E-state index is -4.73. The molecule has 2 N–H and O–H groups in total. The van der Waals surface area contributed by atoms with Gasteiger partial charge in [-0.05, 0) is 37.8 Å². The summed E-state index contributed by atoms with van der Waals surface area (Å²) in [5, 5.41) is 4.31. The van der Waals surface area contributed by atoms with E-state index in [4.69, 9.17) is 0 Å². The number of anilines is 1. The monoisotopic (exact) mass is 522 g/mol. The topological polar surface area (TPSA) is 109 Å². The van der Waals surface area contributed by atoms with Gasteiger partial charge in [-0.3, -0.25) is 19.1 Å². The van der Waals surface area contributed by atoms with Crippen LogP contribution < -0.4 is 21.0 Å². The third-order valence-corrected chi connectivity index (χ3v) is 6.18. The van der Waals surface area contributed by atoms with Gasteiger partial charge in [0.2, 0.25) is 5.43 Å². The van der Waals surface area contributed by atoms with Gasteiger partial charge in [0.25, 0.3) is 5.91 Å². The number of pyridine rings is 3. The quantitative estimate of drug-likeness (QED) is 0.501. The molecule has 5 rings (SSSR count). The number of nitrogens with one attached hydrogen (secondary N) is 2. The van der Waals surface area contributed by atoms with Crippen LogP contribution in [0.4, 0.5) is 32.6 Å². The molecule has 2 atom stereocenters. The Hall–Kier alpha value is -4.10. The standard InChI is InChI=1S/C23H19F5N6O3/c1-10-8-33(22(37)30-10)16-5-4-13-17(35)14(21(36)32-18(11-2-3-11)23(26,27)28)9-34(19(13)31-16)20-15(25)6-12(24)7-29-20/h4-7,9-11,18H,2-3,8H2,1H3,(H,30,37)(H,32,36)/t10-,18+/m1/s1. The van der Waals surface area contributed by atoms with E-state index in [0.29, 0.717) is 12.3 Å². The second kappa shape index (κ2) is 8.78. The molecule has 4 heterocycles. The smallest absolute Gasteiger partial charge is 0.340 e. The fourth-order valence-electron chi connectivity index (χ4n) is 4.26. The van der Waals surface area contributed by atoms with E-state index in [-0.39, 0.29) is 42.3 Å². The van der Waals surface area contributed by atoms with Crippen molar-refractivity contribution in [2.75, 3.05) is 11.4 Å². The maximum absolute atomic E-state index is 14.7. The number of fused-ring (bicyclic) bond motifs is 1.